The first-order valence-corrected chi connectivity index (χ1v) is 6.89. The molecule has 118 valence electrons. The Bertz CT molecular complexity index is 633. The first-order chi connectivity index (χ1) is 10.4. The van der Waals surface area contributed by atoms with Gasteiger partial charge in [-0.3, -0.25) is 4.99 Å². The lowest BCUT2D eigenvalue weighted by Gasteiger charge is -2.05. The van der Waals surface area contributed by atoms with Crippen LogP contribution in [0.1, 0.15) is 30.6 Å². The third-order valence-electron chi connectivity index (χ3n) is 2.59. The number of nitrogens with zero attached hydrogens (tertiary/aromatic N) is 1. The highest BCUT2D eigenvalue weighted by Gasteiger charge is 2.14. The SMILES string of the molecule is CCCOC(=O)C(C=Nc1cccc(C(=O)O)c1Cl)=C(C)O. The third-order valence-corrected chi connectivity index (χ3v) is 2.99. The van der Waals surface area contributed by atoms with Crippen molar-refractivity contribution in [2.24, 2.45) is 4.99 Å². The summed E-state index contributed by atoms with van der Waals surface area (Å²) in [6.07, 6.45) is 1.74. The van der Waals surface area contributed by atoms with E-state index in [9.17, 15) is 14.7 Å². The van der Waals surface area contributed by atoms with Crippen LogP contribution in [0.15, 0.2) is 34.5 Å². The fourth-order valence-electron chi connectivity index (χ4n) is 1.49. The van der Waals surface area contributed by atoms with Gasteiger partial charge in [0.2, 0.25) is 0 Å². The number of aliphatic imine (C=N–C) groups is 1. The van der Waals surface area contributed by atoms with Crippen molar-refractivity contribution in [1.29, 1.82) is 0 Å². The van der Waals surface area contributed by atoms with Crippen molar-refractivity contribution < 1.29 is 24.5 Å². The largest absolute Gasteiger partial charge is 0.512 e. The van der Waals surface area contributed by atoms with E-state index in [1.54, 1.807) is 0 Å². The van der Waals surface area contributed by atoms with Crippen molar-refractivity contribution in [3.05, 3.63) is 40.1 Å². The van der Waals surface area contributed by atoms with Crippen molar-refractivity contribution in [1.82, 2.24) is 0 Å². The zero-order valence-corrected chi connectivity index (χ0v) is 12.9. The number of hydrogen-bond acceptors (Lipinski definition) is 5. The van der Waals surface area contributed by atoms with Crippen LogP contribution in [0.3, 0.4) is 0 Å². The van der Waals surface area contributed by atoms with Crippen molar-refractivity contribution in [3.8, 4) is 0 Å². The van der Waals surface area contributed by atoms with Crippen LogP contribution in [0.25, 0.3) is 0 Å². The van der Waals surface area contributed by atoms with Gasteiger partial charge in [-0.1, -0.05) is 24.6 Å². The zero-order chi connectivity index (χ0) is 16.7. The Balaban J connectivity index is 3.08. The van der Waals surface area contributed by atoms with Gasteiger partial charge in [0.25, 0.3) is 0 Å². The van der Waals surface area contributed by atoms with Crippen LogP contribution in [0.2, 0.25) is 5.02 Å². The second-order valence-electron chi connectivity index (χ2n) is 4.34. The predicted octanol–water partition coefficient (Wildman–Crippen LogP) is 3.53. The molecule has 0 amide bonds. The number of esters is 1. The lowest BCUT2D eigenvalue weighted by molar-refractivity contribution is -0.138. The first kappa shape index (κ1) is 17.7. The summed E-state index contributed by atoms with van der Waals surface area (Å²) in [5.41, 5.74) is -0.0509. The van der Waals surface area contributed by atoms with Gasteiger partial charge in [-0.05, 0) is 25.5 Å². The molecule has 1 aromatic rings. The minimum Gasteiger partial charge on any atom is -0.512 e. The lowest BCUT2D eigenvalue weighted by Crippen LogP contribution is -2.11. The monoisotopic (exact) mass is 325 g/mol. The molecule has 0 aromatic heterocycles. The van der Waals surface area contributed by atoms with Crippen molar-refractivity contribution in [3.63, 3.8) is 0 Å². The molecule has 0 aliphatic heterocycles. The summed E-state index contributed by atoms with van der Waals surface area (Å²) in [5.74, 6) is -2.15. The molecule has 0 unspecified atom stereocenters. The predicted molar refractivity (Wildman–Crippen MR) is 83.1 cm³/mol. The van der Waals surface area contributed by atoms with Gasteiger partial charge in [-0.25, -0.2) is 9.59 Å². The Labute approximate surface area is 132 Å². The topological polar surface area (TPSA) is 96.2 Å². The molecular formula is C15H16ClNO5. The highest BCUT2D eigenvalue weighted by atomic mass is 35.5. The van der Waals surface area contributed by atoms with Gasteiger partial charge in [-0.15, -0.1) is 0 Å². The number of allylic oxidation sites excluding steroid dienone is 1. The van der Waals surface area contributed by atoms with E-state index in [4.69, 9.17) is 21.4 Å². The van der Waals surface area contributed by atoms with Crippen LogP contribution in [-0.4, -0.2) is 35.0 Å². The highest BCUT2D eigenvalue weighted by Crippen LogP contribution is 2.28. The molecule has 1 aromatic carbocycles. The van der Waals surface area contributed by atoms with Crippen LogP contribution >= 0.6 is 11.6 Å². The number of aromatic carboxylic acids is 1. The number of ether oxygens (including phenoxy) is 1. The Morgan fingerprint density at radius 2 is 2.05 bits per heavy atom. The molecule has 0 spiro atoms. The van der Waals surface area contributed by atoms with Crippen LogP contribution < -0.4 is 0 Å². The smallest absolute Gasteiger partial charge is 0.343 e. The minimum atomic E-state index is -1.18. The van der Waals surface area contributed by atoms with Gasteiger partial charge < -0.3 is 14.9 Å². The Kier molecular flexibility index (Phi) is 6.59. The fourth-order valence-corrected chi connectivity index (χ4v) is 1.74. The number of aliphatic hydroxyl groups is 1. The van der Waals surface area contributed by atoms with Gasteiger partial charge >= 0.3 is 11.9 Å². The molecule has 22 heavy (non-hydrogen) atoms. The molecule has 0 heterocycles. The van der Waals surface area contributed by atoms with Gasteiger partial charge in [0, 0.05) is 6.21 Å². The standard InChI is InChI=1S/C15H16ClNO5/c1-3-7-22-15(21)11(9(2)18)8-17-12-6-4-5-10(13(12)16)14(19)20/h4-6,8,18H,3,7H2,1-2H3,(H,19,20). The molecule has 0 fully saturated rings. The van der Waals surface area contributed by atoms with Crippen molar-refractivity contribution in [2.45, 2.75) is 20.3 Å². The van der Waals surface area contributed by atoms with E-state index in [1.807, 2.05) is 6.92 Å². The maximum Gasteiger partial charge on any atom is 0.343 e. The summed E-state index contributed by atoms with van der Waals surface area (Å²) in [4.78, 5) is 26.7. The number of carboxylic acids is 1. The summed E-state index contributed by atoms with van der Waals surface area (Å²) in [5, 5.41) is 18.5. The minimum absolute atomic E-state index is 0.0527. The van der Waals surface area contributed by atoms with Crippen molar-refractivity contribution in [2.75, 3.05) is 6.61 Å². The molecule has 0 aliphatic rings. The summed E-state index contributed by atoms with van der Waals surface area (Å²) >= 11 is 5.94. The summed E-state index contributed by atoms with van der Waals surface area (Å²) in [6, 6.07) is 4.31. The van der Waals surface area contributed by atoms with E-state index in [2.05, 4.69) is 4.99 Å². The van der Waals surface area contributed by atoms with E-state index in [0.717, 1.165) is 6.21 Å². The number of halogens is 1. The van der Waals surface area contributed by atoms with Gasteiger partial charge in [0.15, 0.2) is 0 Å². The Hall–Kier alpha value is -2.34. The van der Waals surface area contributed by atoms with Gasteiger partial charge in [0.05, 0.1) is 22.9 Å². The van der Waals surface area contributed by atoms with E-state index < -0.39 is 11.9 Å². The Morgan fingerprint density at radius 1 is 1.36 bits per heavy atom. The quantitative estimate of drug-likeness (QED) is 0.361. The van der Waals surface area contributed by atoms with Gasteiger partial charge in [0.1, 0.15) is 11.3 Å². The van der Waals surface area contributed by atoms with Crippen LogP contribution in [-0.2, 0) is 9.53 Å². The normalized spacial score (nSPS) is 12.1. The molecule has 0 saturated heterocycles. The summed E-state index contributed by atoms with van der Waals surface area (Å²) < 4.78 is 4.92. The maximum atomic E-state index is 11.8. The molecule has 0 atom stereocenters. The van der Waals surface area contributed by atoms with Crippen molar-refractivity contribution >= 4 is 35.4 Å². The number of benzene rings is 1. The van der Waals surface area contributed by atoms with E-state index in [-0.39, 0.29) is 34.2 Å². The van der Waals surface area contributed by atoms with Gasteiger partial charge in [-0.2, -0.15) is 0 Å². The lowest BCUT2D eigenvalue weighted by atomic mass is 10.2. The maximum absolute atomic E-state index is 11.8. The van der Waals surface area contributed by atoms with E-state index in [0.29, 0.717) is 6.42 Å². The molecule has 6 nitrogen and oxygen atoms in total. The second-order valence-corrected chi connectivity index (χ2v) is 4.72. The number of carbonyl (C=O) groups excluding carboxylic acids is 1. The van der Waals surface area contributed by atoms with E-state index >= 15 is 0 Å². The molecule has 7 heteroatoms. The number of hydrogen-bond donors (Lipinski definition) is 2. The molecular weight excluding hydrogens is 310 g/mol. The zero-order valence-electron chi connectivity index (χ0n) is 12.2. The second kappa shape index (κ2) is 8.19. The highest BCUT2D eigenvalue weighted by molar-refractivity contribution is 6.36. The average Bonchev–Trinajstić information content (AvgIpc) is 2.46. The molecule has 0 bridgehead atoms. The van der Waals surface area contributed by atoms with Crippen LogP contribution in [0, 0.1) is 0 Å². The Morgan fingerprint density at radius 3 is 2.59 bits per heavy atom. The number of aliphatic hydroxyl groups excluding tert-OH is 1. The summed E-state index contributed by atoms with van der Waals surface area (Å²) in [6.45, 7) is 3.39. The number of carbonyl (C=O) groups is 2. The third kappa shape index (κ3) is 4.60. The summed E-state index contributed by atoms with van der Waals surface area (Å²) in [7, 11) is 0. The molecule has 0 aliphatic carbocycles. The molecule has 2 N–H and O–H groups in total. The number of carboxylic acid groups (broad SMARTS) is 1. The van der Waals surface area contributed by atoms with E-state index in [1.165, 1.54) is 25.1 Å². The first-order valence-electron chi connectivity index (χ1n) is 6.51. The van der Waals surface area contributed by atoms with Crippen LogP contribution in [0.5, 0.6) is 0 Å². The van der Waals surface area contributed by atoms with Crippen LogP contribution in [0.4, 0.5) is 5.69 Å². The fraction of sp³-hybridized carbons (Fsp3) is 0.267. The number of rotatable bonds is 6. The molecule has 1 rings (SSSR count). The molecule has 0 saturated carbocycles. The molecule has 0 radical (unpaired) electrons. The average molecular weight is 326 g/mol.